The zero-order valence-electron chi connectivity index (χ0n) is 19.8. The van der Waals surface area contributed by atoms with Crippen LogP contribution in [0.4, 0.5) is 10.5 Å². The molecule has 3 N–H and O–H groups in total. The van der Waals surface area contributed by atoms with E-state index in [-0.39, 0.29) is 21.8 Å². The third-order valence-corrected chi connectivity index (χ3v) is 5.57. The summed E-state index contributed by atoms with van der Waals surface area (Å²) >= 11 is 12.6. The largest absolute Gasteiger partial charge is 0.452 e. The van der Waals surface area contributed by atoms with Crippen molar-refractivity contribution in [3.8, 4) is 11.3 Å². The molecule has 0 aliphatic heterocycles. The van der Waals surface area contributed by atoms with E-state index in [4.69, 9.17) is 23.2 Å². The van der Waals surface area contributed by atoms with Gasteiger partial charge in [0.25, 0.3) is 11.8 Å². The first-order valence-electron chi connectivity index (χ1n) is 10.5. The Morgan fingerprint density at radius 1 is 1.00 bits per heavy atom. The number of hydrogen-bond acceptors (Lipinski definition) is 5. The average molecular weight is 518 g/mol. The molecule has 0 spiro atoms. The Balaban J connectivity index is 2.05. The first kappa shape index (κ1) is 26.1. The first-order valence-corrected chi connectivity index (χ1v) is 11.3. The molecule has 11 heteroatoms. The number of hydrogen-bond donors (Lipinski definition) is 3. The lowest BCUT2D eigenvalue weighted by Crippen LogP contribution is -2.41. The molecular weight excluding hydrogens is 493 g/mol. The van der Waals surface area contributed by atoms with Crippen molar-refractivity contribution >= 4 is 46.8 Å². The third-order valence-electron chi connectivity index (χ3n) is 5.03. The number of rotatable bonds is 4. The average Bonchev–Trinajstić information content (AvgIpc) is 3.24. The monoisotopic (exact) mass is 517 g/mol. The molecule has 0 atom stereocenters. The summed E-state index contributed by atoms with van der Waals surface area (Å²) in [5.74, 6) is -1.20. The second-order valence-electron chi connectivity index (χ2n) is 8.64. The molecule has 9 nitrogen and oxygen atoms in total. The van der Waals surface area contributed by atoms with Gasteiger partial charge in [0.15, 0.2) is 0 Å². The lowest BCUT2D eigenvalue weighted by atomic mass is 10.0. The highest BCUT2D eigenvalue weighted by Gasteiger charge is 2.27. The quantitative estimate of drug-likeness (QED) is 0.412. The number of hydrazine groups is 1. The van der Waals surface area contributed by atoms with Crippen molar-refractivity contribution in [1.82, 2.24) is 20.6 Å². The SMILES string of the molecule is COC(=O)NNC(=O)c1cc(Cl)cc(C)c1NC(=O)c1cnn(C(C)(C)C)c1-c1ccccc1Cl. The van der Waals surface area contributed by atoms with Crippen LogP contribution in [0.2, 0.25) is 10.0 Å². The van der Waals surface area contributed by atoms with Crippen LogP contribution in [0.3, 0.4) is 0 Å². The second kappa shape index (κ2) is 10.4. The van der Waals surface area contributed by atoms with Crippen LogP contribution in [0.25, 0.3) is 11.3 Å². The number of nitrogens with one attached hydrogen (secondary N) is 3. The number of aromatic nitrogens is 2. The van der Waals surface area contributed by atoms with Crippen LogP contribution in [-0.2, 0) is 10.3 Å². The Labute approximate surface area is 212 Å². The fourth-order valence-corrected chi connectivity index (χ4v) is 3.93. The van der Waals surface area contributed by atoms with Crippen LogP contribution in [-0.4, -0.2) is 34.8 Å². The summed E-state index contributed by atoms with van der Waals surface area (Å²) in [6.45, 7) is 7.58. The van der Waals surface area contributed by atoms with Crippen LogP contribution in [0.5, 0.6) is 0 Å². The molecular formula is C24H25Cl2N5O4. The van der Waals surface area contributed by atoms with Gasteiger partial charge in [0.1, 0.15) is 0 Å². The van der Waals surface area contributed by atoms with Gasteiger partial charge in [-0.05, 0) is 51.5 Å². The Bertz CT molecular complexity index is 1300. The fourth-order valence-electron chi connectivity index (χ4n) is 3.43. The number of carbonyl (C=O) groups is 3. The van der Waals surface area contributed by atoms with E-state index in [1.807, 2.05) is 32.9 Å². The predicted molar refractivity (Wildman–Crippen MR) is 135 cm³/mol. The van der Waals surface area contributed by atoms with Crippen LogP contribution in [0, 0.1) is 6.92 Å². The molecule has 0 aliphatic rings. The number of aryl methyl sites for hydroxylation is 1. The number of methoxy groups -OCH3 is 1. The third kappa shape index (κ3) is 5.75. The number of amides is 3. The Kier molecular flexibility index (Phi) is 7.72. The van der Waals surface area contributed by atoms with E-state index in [0.717, 1.165) is 7.11 Å². The minimum Gasteiger partial charge on any atom is -0.452 e. The summed E-state index contributed by atoms with van der Waals surface area (Å²) in [5.41, 5.74) is 6.10. The number of benzene rings is 2. The van der Waals surface area contributed by atoms with Crippen LogP contribution in [0.15, 0.2) is 42.6 Å². The number of anilines is 1. The predicted octanol–water partition coefficient (Wildman–Crippen LogP) is 5.17. The number of carbonyl (C=O) groups excluding carboxylic acids is 3. The van der Waals surface area contributed by atoms with E-state index in [2.05, 4.69) is 26.0 Å². The van der Waals surface area contributed by atoms with Gasteiger partial charge in [-0.3, -0.25) is 19.7 Å². The molecule has 3 aromatic rings. The lowest BCUT2D eigenvalue weighted by molar-refractivity contribution is 0.0921. The Morgan fingerprint density at radius 3 is 2.31 bits per heavy atom. The highest BCUT2D eigenvalue weighted by molar-refractivity contribution is 6.33. The Morgan fingerprint density at radius 2 is 1.69 bits per heavy atom. The van der Waals surface area contributed by atoms with E-state index in [9.17, 15) is 14.4 Å². The normalized spacial score (nSPS) is 11.1. The molecule has 0 fully saturated rings. The topological polar surface area (TPSA) is 114 Å². The minimum atomic E-state index is -0.860. The lowest BCUT2D eigenvalue weighted by Gasteiger charge is -2.23. The maximum atomic E-state index is 13.5. The molecule has 0 aliphatic carbocycles. The standard InChI is InChI=1S/C24H25Cl2N5O4/c1-13-10-14(25)11-16(22(33)29-30-23(34)35-5)19(13)28-21(32)17-12-27-31(24(2,3)4)20(17)15-8-6-7-9-18(15)26/h6-12H,1-5H3,(H,28,32)(H,29,33)(H,30,34). The zero-order valence-corrected chi connectivity index (χ0v) is 21.3. The van der Waals surface area contributed by atoms with Crippen molar-refractivity contribution < 1.29 is 19.1 Å². The highest BCUT2D eigenvalue weighted by atomic mass is 35.5. The molecule has 1 aromatic heterocycles. The molecule has 0 saturated carbocycles. The summed E-state index contributed by atoms with van der Waals surface area (Å²) in [6.07, 6.45) is 0.602. The van der Waals surface area contributed by atoms with Gasteiger partial charge in [-0.25, -0.2) is 10.2 Å². The van der Waals surface area contributed by atoms with E-state index in [1.54, 1.807) is 29.8 Å². The van der Waals surface area contributed by atoms with Crippen LogP contribution in [0.1, 0.15) is 47.1 Å². The Hall–Kier alpha value is -3.56. The van der Waals surface area contributed by atoms with Gasteiger partial charge in [-0.15, -0.1) is 0 Å². The maximum Gasteiger partial charge on any atom is 0.425 e. The fraction of sp³-hybridized carbons (Fsp3) is 0.250. The van der Waals surface area contributed by atoms with Gasteiger partial charge < -0.3 is 10.1 Å². The molecule has 0 radical (unpaired) electrons. The summed E-state index contributed by atoms with van der Waals surface area (Å²) in [7, 11) is 1.16. The summed E-state index contributed by atoms with van der Waals surface area (Å²) < 4.78 is 6.18. The molecule has 3 rings (SSSR count). The maximum absolute atomic E-state index is 13.5. The van der Waals surface area contributed by atoms with Gasteiger partial charge in [0.05, 0.1) is 41.4 Å². The molecule has 0 saturated heterocycles. The molecule has 3 amide bonds. The summed E-state index contributed by atoms with van der Waals surface area (Å²) in [5, 5.41) is 8.00. The minimum absolute atomic E-state index is 0.0438. The van der Waals surface area contributed by atoms with Gasteiger partial charge in [-0.1, -0.05) is 41.4 Å². The smallest absolute Gasteiger partial charge is 0.425 e. The van der Waals surface area contributed by atoms with Gasteiger partial charge in [-0.2, -0.15) is 5.10 Å². The molecule has 184 valence electrons. The molecule has 0 bridgehead atoms. The van der Waals surface area contributed by atoms with Crippen molar-refractivity contribution in [2.45, 2.75) is 33.2 Å². The molecule has 35 heavy (non-hydrogen) atoms. The van der Waals surface area contributed by atoms with E-state index in [0.29, 0.717) is 21.8 Å². The van der Waals surface area contributed by atoms with Crippen molar-refractivity contribution in [3.05, 3.63) is 69.3 Å². The molecule has 1 heterocycles. The van der Waals surface area contributed by atoms with Gasteiger partial charge in [0, 0.05) is 15.6 Å². The van der Waals surface area contributed by atoms with Crippen LogP contribution >= 0.6 is 23.2 Å². The summed E-state index contributed by atoms with van der Waals surface area (Å²) in [6, 6.07) is 10.2. The van der Waals surface area contributed by atoms with Gasteiger partial charge >= 0.3 is 6.09 Å². The van der Waals surface area contributed by atoms with E-state index < -0.39 is 23.4 Å². The van der Waals surface area contributed by atoms with Crippen molar-refractivity contribution in [2.24, 2.45) is 0 Å². The van der Waals surface area contributed by atoms with Crippen molar-refractivity contribution in [1.29, 1.82) is 0 Å². The molecule has 2 aromatic carbocycles. The first-order chi connectivity index (χ1) is 16.4. The van der Waals surface area contributed by atoms with E-state index in [1.165, 1.54) is 12.3 Å². The molecule has 0 unspecified atom stereocenters. The van der Waals surface area contributed by atoms with Crippen molar-refractivity contribution in [3.63, 3.8) is 0 Å². The number of halogens is 2. The number of ether oxygens (including phenoxy) is 1. The van der Waals surface area contributed by atoms with Crippen LogP contribution < -0.4 is 16.2 Å². The number of nitrogens with zero attached hydrogens (tertiary/aromatic N) is 2. The zero-order chi connectivity index (χ0) is 25.9. The van der Waals surface area contributed by atoms with Gasteiger partial charge in [0.2, 0.25) is 0 Å². The van der Waals surface area contributed by atoms with Crippen molar-refractivity contribution in [2.75, 3.05) is 12.4 Å². The second-order valence-corrected chi connectivity index (χ2v) is 9.48. The van der Waals surface area contributed by atoms with E-state index >= 15 is 0 Å². The highest BCUT2D eigenvalue weighted by Crippen LogP contribution is 2.34. The summed E-state index contributed by atoms with van der Waals surface area (Å²) in [4.78, 5) is 37.6.